The van der Waals surface area contributed by atoms with Crippen LogP contribution in [-0.2, 0) is 21.2 Å². The van der Waals surface area contributed by atoms with Crippen molar-refractivity contribution in [3.8, 4) is 5.75 Å². The number of amides is 1. The molecule has 144 valence electrons. The van der Waals surface area contributed by atoms with Gasteiger partial charge in [0.2, 0.25) is 11.2 Å². The number of hydrogen-bond donors (Lipinski definition) is 1. The van der Waals surface area contributed by atoms with Gasteiger partial charge in [-0.15, -0.1) is 0 Å². The molecule has 1 amide bonds. The van der Waals surface area contributed by atoms with Crippen molar-refractivity contribution in [2.24, 2.45) is 0 Å². The first-order valence-electron chi connectivity index (χ1n) is 8.46. The highest BCUT2D eigenvalue weighted by Crippen LogP contribution is 2.14. The molecule has 8 nitrogen and oxygen atoms in total. The fraction of sp³-hybridized carbons (Fsp3) is 0.625. The second-order valence-electron chi connectivity index (χ2n) is 6.42. The number of sulfone groups is 1. The topological polar surface area (TPSA) is 106 Å². The van der Waals surface area contributed by atoms with Crippen molar-refractivity contribution >= 4 is 27.5 Å². The summed E-state index contributed by atoms with van der Waals surface area (Å²) in [4.78, 5) is 26.2. The van der Waals surface area contributed by atoms with Gasteiger partial charge in [-0.1, -0.05) is 0 Å². The summed E-state index contributed by atoms with van der Waals surface area (Å²) in [5.41, 5.74) is -0.339. The molecule has 0 spiro atoms. The molecule has 2 fully saturated rings. The lowest BCUT2D eigenvalue weighted by Crippen LogP contribution is -2.38. The maximum Gasteiger partial charge on any atom is 0.258 e. The second kappa shape index (κ2) is 8.45. The van der Waals surface area contributed by atoms with E-state index in [1.807, 2.05) is 11.8 Å². The Hall–Kier alpha value is -1.52. The zero-order valence-electron chi connectivity index (χ0n) is 14.3. The lowest BCUT2D eigenvalue weighted by Gasteiger charge is -2.25. The summed E-state index contributed by atoms with van der Waals surface area (Å²) in [5.74, 6) is 2.25. The summed E-state index contributed by atoms with van der Waals surface area (Å²) < 4.78 is 33.4. The van der Waals surface area contributed by atoms with E-state index >= 15 is 0 Å². The van der Waals surface area contributed by atoms with Gasteiger partial charge in [0.1, 0.15) is 12.0 Å². The molecule has 1 aromatic heterocycles. The molecule has 10 heteroatoms. The van der Waals surface area contributed by atoms with Crippen LogP contribution in [0.4, 0.5) is 0 Å². The molecule has 2 aliphatic heterocycles. The first kappa shape index (κ1) is 19.2. The van der Waals surface area contributed by atoms with E-state index in [4.69, 9.17) is 9.15 Å². The Morgan fingerprint density at radius 2 is 2.15 bits per heavy atom. The van der Waals surface area contributed by atoms with Crippen LogP contribution in [0.5, 0.6) is 5.75 Å². The molecule has 1 unspecified atom stereocenters. The molecule has 0 radical (unpaired) electrons. The maximum atomic E-state index is 12.1. The van der Waals surface area contributed by atoms with E-state index in [1.165, 1.54) is 12.3 Å². The summed E-state index contributed by atoms with van der Waals surface area (Å²) in [7, 11) is -3.06. The van der Waals surface area contributed by atoms with Crippen LogP contribution in [0.2, 0.25) is 0 Å². The van der Waals surface area contributed by atoms with Crippen LogP contribution in [0.3, 0.4) is 0 Å². The van der Waals surface area contributed by atoms with Crippen molar-refractivity contribution in [2.45, 2.75) is 19.0 Å². The van der Waals surface area contributed by atoms with Gasteiger partial charge in [-0.25, -0.2) is 8.42 Å². The fourth-order valence-corrected chi connectivity index (χ4v) is 5.58. The highest BCUT2D eigenvalue weighted by molar-refractivity contribution is 7.99. The molecule has 2 aliphatic rings. The summed E-state index contributed by atoms with van der Waals surface area (Å²) in [5, 5.41) is 2.61. The number of ether oxygens (including phenoxy) is 1. The van der Waals surface area contributed by atoms with Gasteiger partial charge in [0, 0.05) is 36.7 Å². The van der Waals surface area contributed by atoms with Crippen molar-refractivity contribution in [1.29, 1.82) is 0 Å². The van der Waals surface area contributed by atoms with Crippen LogP contribution in [-0.4, -0.2) is 68.0 Å². The molecule has 0 saturated carbocycles. The SMILES string of the molecule is O=C(COc1coc(CN2CCSCC2)cc1=O)NC1CCS(=O)(=O)C1. The van der Waals surface area contributed by atoms with E-state index in [0.717, 1.165) is 24.6 Å². The quantitative estimate of drug-likeness (QED) is 0.702. The van der Waals surface area contributed by atoms with Gasteiger partial charge in [-0.05, 0) is 6.42 Å². The lowest BCUT2D eigenvalue weighted by molar-refractivity contribution is -0.123. The molecular formula is C16H22N2O6S2. The van der Waals surface area contributed by atoms with Crippen LogP contribution in [0.1, 0.15) is 12.2 Å². The number of hydrogen-bond acceptors (Lipinski definition) is 8. The molecule has 0 aliphatic carbocycles. The first-order valence-corrected chi connectivity index (χ1v) is 11.4. The molecule has 2 saturated heterocycles. The smallest absolute Gasteiger partial charge is 0.258 e. The van der Waals surface area contributed by atoms with E-state index in [2.05, 4.69) is 10.2 Å². The zero-order chi connectivity index (χ0) is 18.6. The van der Waals surface area contributed by atoms with Gasteiger partial charge in [0.15, 0.2) is 16.4 Å². The number of nitrogens with zero attached hydrogens (tertiary/aromatic N) is 1. The summed E-state index contributed by atoms with van der Waals surface area (Å²) in [6.45, 7) is 2.14. The first-order chi connectivity index (χ1) is 12.4. The van der Waals surface area contributed by atoms with Crippen molar-refractivity contribution in [1.82, 2.24) is 10.2 Å². The number of nitrogens with one attached hydrogen (secondary N) is 1. The summed E-state index contributed by atoms with van der Waals surface area (Å²) >= 11 is 1.91. The highest BCUT2D eigenvalue weighted by atomic mass is 32.2. The average molecular weight is 402 g/mol. The molecule has 26 heavy (non-hydrogen) atoms. The Bertz CT molecular complexity index is 801. The summed E-state index contributed by atoms with van der Waals surface area (Å²) in [6.07, 6.45) is 1.63. The molecular weight excluding hydrogens is 380 g/mol. The minimum atomic E-state index is -3.06. The van der Waals surface area contributed by atoms with Crippen LogP contribution in [0.25, 0.3) is 0 Å². The van der Waals surface area contributed by atoms with E-state index < -0.39 is 21.8 Å². The third-order valence-corrected chi connectivity index (χ3v) is 7.00. The molecule has 3 rings (SSSR count). The van der Waals surface area contributed by atoms with Gasteiger partial charge >= 0.3 is 0 Å². The normalized spacial score (nSPS) is 22.8. The standard InChI is InChI=1S/C16H22N2O6S2/c19-14-7-13(8-18-2-4-25-5-3-18)23-9-15(14)24-10-16(20)17-12-1-6-26(21,22)11-12/h7,9,12H,1-6,8,10-11H2,(H,17,20). The largest absolute Gasteiger partial charge is 0.477 e. The average Bonchev–Trinajstić information content (AvgIpc) is 2.93. The summed E-state index contributed by atoms with van der Waals surface area (Å²) in [6, 6.07) is 0.996. The van der Waals surface area contributed by atoms with Crippen molar-refractivity contribution in [3.63, 3.8) is 0 Å². The second-order valence-corrected chi connectivity index (χ2v) is 9.87. The minimum absolute atomic E-state index is 0.0304. The molecule has 0 bridgehead atoms. The molecule has 1 aromatic rings. The molecule has 1 atom stereocenters. The maximum absolute atomic E-state index is 12.1. The van der Waals surface area contributed by atoms with Crippen LogP contribution < -0.4 is 15.5 Å². The van der Waals surface area contributed by atoms with Crippen molar-refractivity contribution in [3.05, 3.63) is 28.3 Å². The number of rotatable bonds is 6. The van der Waals surface area contributed by atoms with Crippen LogP contribution >= 0.6 is 11.8 Å². The zero-order valence-corrected chi connectivity index (χ0v) is 15.9. The van der Waals surface area contributed by atoms with E-state index in [9.17, 15) is 18.0 Å². The fourth-order valence-electron chi connectivity index (χ4n) is 2.93. The Morgan fingerprint density at radius 3 is 2.81 bits per heavy atom. The monoisotopic (exact) mass is 402 g/mol. The van der Waals surface area contributed by atoms with Gasteiger partial charge in [0.05, 0.1) is 18.1 Å². The lowest BCUT2D eigenvalue weighted by atomic mass is 10.2. The van der Waals surface area contributed by atoms with Crippen LogP contribution in [0, 0.1) is 0 Å². The van der Waals surface area contributed by atoms with Gasteiger partial charge in [-0.3, -0.25) is 14.5 Å². The Labute approximate surface area is 156 Å². The highest BCUT2D eigenvalue weighted by Gasteiger charge is 2.29. The van der Waals surface area contributed by atoms with Crippen molar-refractivity contribution < 1.29 is 22.4 Å². The number of carbonyl (C=O) groups excluding carboxylic acids is 1. The molecule has 1 N–H and O–H groups in total. The van der Waals surface area contributed by atoms with E-state index in [-0.39, 0.29) is 29.3 Å². The third-order valence-electron chi connectivity index (χ3n) is 4.29. The van der Waals surface area contributed by atoms with Gasteiger partial charge < -0.3 is 14.5 Å². The van der Waals surface area contributed by atoms with Gasteiger partial charge in [-0.2, -0.15) is 11.8 Å². The van der Waals surface area contributed by atoms with E-state index in [0.29, 0.717) is 18.7 Å². The Balaban J connectivity index is 1.48. The minimum Gasteiger partial charge on any atom is -0.477 e. The molecule has 3 heterocycles. The number of carbonyl (C=O) groups is 1. The predicted molar refractivity (Wildman–Crippen MR) is 98.3 cm³/mol. The Morgan fingerprint density at radius 1 is 1.38 bits per heavy atom. The van der Waals surface area contributed by atoms with Crippen LogP contribution in [0.15, 0.2) is 21.5 Å². The molecule has 0 aromatic carbocycles. The third kappa shape index (κ3) is 5.49. The van der Waals surface area contributed by atoms with E-state index in [1.54, 1.807) is 0 Å². The van der Waals surface area contributed by atoms with Gasteiger partial charge in [0.25, 0.3) is 5.91 Å². The number of thioether (sulfide) groups is 1. The predicted octanol–water partition coefficient (Wildman–Crippen LogP) is -0.129. The van der Waals surface area contributed by atoms with Crippen molar-refractivity contribution in [2.75, 3.05) is 42.7 Å². The Kier molecular flexibility index (Phi) is 6.25.